The predicted octanol–water partition coefficient (Wildman–Crippen LogP) is 1.60. The number of hydrogen-bond donors (Lipinski definition) is 1. The minimum atomic E-state index is -0.516. The van der Waals surface area contributed by atoms with E-state index in [1.54, 1.807) is 30.0 Å². The van der Waals surface area contributed by atoms with Gasteiger partial charge in [-0.2, -0.15) is 0 Å². The molecular weight excluding hydrogens is 368 g/mol. The van der Waals surface area contributed by atoms with Crippen molar-refractivity contribution in [3.8, 4) is 11.5 Å². The van der Waals surface area contributed by atoms with E-state index < -0.39 is 5.97 Å². The van der Waals surface area contributed by atoms with Crippen LogP contribution in [0.4, 0.5) is 4.79 Å². The lowest BCUT2D eigenvalue weighted by Gasteiger charge is -2.31. The number of nitrogens with zero attached hydrogens (tertiary/aromatic N) is 1. The van der Waals surface area contributed by atoms with Gasteiger partial charge in [-0.05, 0) is 38.0 Å². The summed E-state index contributed by atoms with van der Waals surface area (Å²) in [7, 11) is 2.72. The predicted molar refractivity (Wildman–Crippen MR) is 99.6 cm³/mol. The Labute approximate surface area is 163 Å². The van der Waals surface area contributed by atoms with Crippen LogP contribution < -0.4 is 14.8 Å². The highest BCUT2D eigenvalue weighted by Crippen LogP contribution is 2.28. The zero-order valence-electron chi connectivity index (χ0n) is 16.4. The molecule has 1 aromatic rings. The molecule has 1 aromatic carbocycles. The monoisotopic (exact) mass is 394 g/mol. The van der Waals surface area contributed by atoms with Crippen LogP contribution in [0.25, 0.3) is 0 Å². The molecule has 0 atom stereocenters. The third-order valence-electron chi connectivity index (χ3n) is 4.36. The van der Waals surface area contributed by atoms with Gasteiger partial charge < -0.3 is 29.2 Å². The number of amides is 2. The zero-order valence-corrected chi connectivity index (χ0v) is 16.4. The number of carbonyl (C=O) groups is 3. The Hall–Kier alpha value is -2.97. The van der Waals surface area contributed by atoms with Crippen molar-refractivity contribution in [3.63, 3.8) is 0 Å². The van der Waals surface area contributed by atoms with Crippen molar-refractivity contribution < 1.29 is 33.3 Å². The summed E-state index contributed by atoms with van der Waals surface area (Å²) < 4.78 is 20.1. The molecule has 1 aliphatic rings. The number of benzene rings is 1. The average molecular weight is 394 g/mol. The first-order valence-electron chi connectivity index (χ1n) is 9.08. The van der Waals surface area contributed by atoms with Crippen molar-refractivity contribution in [2.24, 2.45) is 0 Å². The first kappa shape index (κ1) is 21.3. The molecule has 1 N–H and O–H groups in total. The number of piperidine rings is 1. The third kappa shape index (κ3) is 5.77. The van der Waals surface area contributed by atoms with Gasteiger partial charge >= 0.3 is 12.1 Å². The van der Waals surface area contributed by atoms with E-state index in [2.05, 4.69) is 10.1 Å². The Morgan fingerprint density at radius 3 is 2.46 bits per heavy atom. The number of esters is 1. The Morgan fingerprint density at radius 1 is 1.14 bits per heavy atom. The SMILES string of the molecule is CCOC(=O)N1CCC(NC(=O)c2ccc(OCC(=O)OC)c(OC)c2)CC1. The van der Waals surface area contributed by atoms with E-state index in [1.807, 2.05) is 0 Å². The highest BCUT2D eigenvalue weighted by Gasteiger charge is 2.25. The molecule has 1 aliphatic heterocycles. The van der Waals surface area contributed by atoms with Crippen LogP contribution >= 0.6 is 0 Å². The maximum Gasteiger partial charge on any atom is 0.409 e. The van der Waals surface area contributed by atoms with E-state index in [1.165, 1.54) is 14.2 Å². The number of nitrogens with one attached hydrogen (secondary N) is 1. The lowest BCUT2D eigenvalue weighted by Crippen LogP contribution is -2.46. The van der Waals surface area contributed by atoms with Crippen LogP contribution in [0.1, 0.15) is 30.1 Å². The minimum Gasteiger partial charge on any atom is -0.493 e. The van der Waals surface area contributed by atoms with Crippen LogP contribution in [0.2, 0.25) is 0 Å². The van der Waals surface area contributed by atoms with Gasteiger partial charge in [0.2, 0.25) is 0 Å². The van der Waals surface area contributed by atoms with Crippen molar-refractivity contribution in [3.05, 3.63) is 23.8 Å². The number of rotatable bonds is 7. The summed E-state index contributed by atoms with van der Waals surface area (Å²) in [5.41, 5.74) is 0.412. The number of hydrogen-bond acceptors (Lipinski definition) is 7. The fourth-order valence-electron chi connectivity index (χ4n) is 2.81. The Balaban J connectivity index is 1.92. The Kier molecular flexibility index (Phi) is 7.91. The van der Waals surface area contributed by atoms with Gasteiger partial charge in [-0.15, -0.1) is 0 Å². The van der Waals surface area contributed by atoms with E-state index in [4.69, 9.17) is 14.2 Å². The van der Waals surface area contributed by atoms with E-state index in [0.717, 1.165) is 0 Å². The van der Waals surface area contributed by atoms with Crippen LogP contribution in [0.3, 0.4) is 0 Å². The van der Waals surface area contributed by atoms with Gasteiger partial charge in [0.05, 0.1) is 20.8 Å². The molecule has 0 aliphatic carbocycles. The van der Waals surface area contributed by atoms with Crippen LogP contribution in [0, 0.1) is 0 Å². The molecule has 154 valence electrons. The molecule has 0 radical (unpaired) electrons. The lowest BCUT2D eigenvalue weighted by molar-refractivity contribution is -0.142. The van der Waals surface area contributed by atoms with Crippen LogP contribution in [0.5, 0.6) is 11.5 Å². The van der Waals surface area contributed by atoms with Crippen molar-refractivity contribution in [2.45, 2.75) is 25.8 Å². The summed E-state index contributed by atoms with van der Waals surface area (Å²) in [5, 5.41) is 2.97. The summed E-state index contributed by atoms with van der Waals surface area (Å²) in [6, 6.07) is 4.69. The molecule has 2 rings (SSSR count). The minimum absolute atomic E-state index is 0.0283. The molecule has 0 saturated carbocycles. The van der Waals surface area contributed by atoms with E-state index in [-0.39, 0.29) is 24.6 Å². The highest BCUT2D eigenvalue weighted by atomic mass is 16.6. The number of carbonyl (C=O) groups excluding carboxylic acids is 3. The van der Waals surface area contributed by atoms with E-state index >= 15 is 0 Å². The average Bonchev–Trinajstić information content (AvgIpc) is 2.72. The maximum atomic E-state index is 12.5. The van der Waals surface area contributed by atoms with Crippen LogP contribution in [-0.2, 0) is 14.3 Å². The topological polar surface area (TPSA) is 103 Å². The maximum absolute atomic E-state index is 12.5. The number of methoxy groups -OCH3 is 2. The fraction of sp³-hybridized carbons (Fsp3) is 0.526. The number of ether oxygens (including phenoxy) is 4. The van der Waals surface area contributed by atoms with Gasteiger partial charge in [-0.1, -0.05) is 0 Å². The zero-order chi connectivity index (χ0) is 20.5. The summed E-state index contributed by atoms with van der Waals surface area (Å²) >= 11 is 0. The van der Waals surface area contributed by atoms with Crippen molar-refractivity contribution in [2.75, 3.05) is 40.5 Å². The molecule has 1 heterocycles. The van der Waals surface area contributed by atoms with Gasteiger partial charge in [0.25, 0.3) is 5.91 Å². The summed E-state index contributed by atoms with van der Waals surface area (Å²) in [4.78, 5) is 37.1. The molecule has 0 spiro atoms. The molecule has 1 fully saturated rings. The number of likely N-dealkylation sites (tertiary alicyclic amines) is 1. The second-order valence-electron chi connectivity index (χ2n) is 6.16. The van der Waals surface area contributed by atoms with Crippen molar-refractivity contribution in [1.82, 2.24) is 10.2 Å². The molecule has 9 heteroatoms. The van der Waals surface area contributed by atoms with Gasteiger partial charge in [0.1, 0.15) is 0 Å². The molecule has 0 aromatic heterocycles. The van der Waals surface area contributed by atoms with Crippen molar-refractivity contribution >= 4 is 18.0 Å². The lowest BCUT2D eigenvalue weighted by atomic mass is 10.0. The quantitative estimate of drug-likeness (QED) is 0.701. The molecule has 0 bridgehead atoms. The van der Waals surface area contributed by atoms with Gasteiger partial charge in [0.15, 0.2) is 18.1 Å². The first-order chi connectivity index (χ1) is 13.5. The van der Waals surface area contributed by atoms with Crippen LogP contribution in [0.15, 0.2) is 18.2 Å². The largest absolute Gasteiger partial charge is 0.493 e. The van der Waals surface area contributed by atoms with Crippen LogP contribution in [-0.4, -0.2) is 69.4 Å². The molecule has 1 saturated heterocycles. The second kappa shape index (κ2) is 10.4. The van der Waals surface area contributed by atoms with Gasteiger partial charge in [0, 0.05) is 24.7 Å². The summed E-state index contributed by atoms with van der Waals surface area (Å²) in [6.45, 7) is 2.93. The molecule has 2 amide bonds. The van der Waals surface area contributed by atoms with Gasteiger partial charge in [-0.25, -0.2) is 9.59 Å². The van der Waals surface area contributed by atoms with Gasteiger partial charge in [-0.3, -0.25) is 4.79 Å². The third-order valence-corrected chi connectivity index (χ3v) is 4.36. The fourth-order valence-corrected chi connectivity index (χ4v) is 2.81. The Bertz CT molecular complexity index is 700. The Morgan fingerprint density at radius 2 is 1.86 bits per heavy atom. The molecule has 28 heavy (non-hydrogen) atoms. The highest BCUT2D eigenvalue weighted by molar-refractivity contribution is 5.95. The van der Waals surface area contributed by atoms with E-state index in [9.17, 15) is 14.4 Å². The molecule has 9 nitrogen and oxygen atoms in total. The molecular formula is C19H26N2O7. The first-order valence-corrected chi connectivity index (χ1v) is 9.08. The smallest absolute Gasteiger partial charge is 0.409 e. The van der Waals surface area contributed by atoms with E-state index in [0.29, 0.717) is 49.6 Å². The second-order valence-corrected chi connectivity index (χ2v) is 6.16. The standard InChI is InChI=1S/C19H26N2O7/c1-4-27-19(24)21-9-7-14(8-10-21)20-18(23)13-5-6-15(16(11-13)25-2)28-12-17(22)26-3/h5-6,11,14H,4,7-10,12H2,1-3H3,(H,20,23). The molecule has 0 unspecified atom stereocenters. The normalized spacial score (nSPS) is 14.2. The summed E-state index contributed by atoms with van der Waals surface area (Å²) in [5.74, 6) is -0.0775. The summed E-state index contributed by atoms with van der Waals surface area (Å²) in [6.07, 6.45) is 0.990. The van der Waals surface area contributed by atoms with Crippen molar-refractivity contribution in [1.29, 1.82) is 0 Å².